The van der Waals surface area contributed by atoms with Crippen molar-refractivity contribution < 1.29 is 56.3 Å². The molecule has 0 spiro atoms. The summed E-state index contributed by atoms with van der Waals surface area (Å²) < 4.78 is 51.4. The van der Waals surface area contributed by atoms with Crippen molar-refractivity contribution in [2.75, 3.05) is 12.3 Å². The predicted molar refractivity (Wildman–Crippen MR) is 100 cm³/mol. The number of nitrogens with zero attached hydrogens (tertiary/aromatic N) is 2. The summed E-state index contributed by atoms with van der Waals surface area (Å²) in [4.78, 5) is 49.0. The second-order valence-electron chi connectivity index (χ2n) is 5.81. The molecule has 1 aliphatic rings. The van der Waals surface area contributed by atoms with Crippen molar-refractivity contribution in [1.82, 2.24) is 9.55 Å². The normalized spacial score (nSPS) is 30.3. The maximum Gasteiger partial charge on any atom is 0.490 e. The van der Waals surface area contributed by atoms with Gasteiger partial charge in [-0.05, 0) is 6.07 Å². The Morgan fingerprint density at radius 1 is 1.29 bits per heavy atom. The van der Waals surface area contributed by atoms with Gasteiger partial charge in [0.15, 0.2) is 11.1 Å². The van der Waals surface area contributed by atoms with Gasteiger partial charge in [0.2, 0.25) is 0 Å². The van der Waals surface area contributed by atoms with Crippen LogP contribution in [0.25, 0.3) is 0 Å². The molecule has 2 rings (SSSR count). The molecule has 7 N–H and O–H groups in total. The minimum Gasteiger partial charge on any atom is -0.387 e. The summed E-state index contributed by atoms with van der Waals surface area (Å²) in [7, 11) is -16.8. The highest BCUT2D eigenvalue weighted by atomic mass is 35.5. The Balaban J connectivity index is 2.18. The number of terminal acetylenes is 1. The highest BCUT2D eigenvalue weighted by Crippen LogP contribution is 2.66. The number of nitrogens with two attached hydrogens (primary N) is 1. The summed E-state index contributed by atoms with van der Waals surface area (Å²) in [6.45, 7) is -1.05. The van der Waals surface area contributed by atoms with Crippen LogP contribution in [0.1, 0.15) is 6.23 Å². The molecule has 1 aromatic rings. The molecule has 20 heteroatoms. The average Bonchev–Trinajstić information content (AvgIpc) is 2.82. The van der Waals surface area contributed by atoms with Gasteiger partial charge in [0.1, 0.15) is 18.0 Å². The van der Waals surface area contributed by atoms with E-state index in [2.05, 4.69) is 18.1 Å². The first-order valence-electron chi connectivity index (χ1n) is 7.63. The smallest absolute Gasteiger partial charge is 0.387 e. The van der Waals surface area contributed by atoms with Crippen LogP contribution in [0, 0.1) is 12.3 Å². The van der Waals surface area contributed by atoms with Crippen LogP contribution in [0.2, 0.25) is 0 Å². The van der Waals surface area contributed by atoms with E-state index in [1.807, 2.05) is 5.92 Å². The van der Waals surface area contributed by atoms with Crippen molar-refractivity contribution in [1.29, 1.82) is 0 Å². The van der Waals surface area contributed by atoms with Crippen LogP contribution in [-0.4, -0.2) is 57.9 Å². The van der Waals surface area contributed by atoms with E-state index in [0.717, 1.165) is 10.8 Å². The maximum atomic E-state index is 12.0. The van der Waals surface area contributed by atoms with Crippen molar-refractivity contribution in [2.24, 2.45) is 0 Å². The van der Waals surface area contributed by atoms with Gasteiger partial charge >= 0.3 is 29.2 Å². The Bertz CT molecular complexity index is 1080. The molecule has 0 aromatic carbocycles. The molecule has 1 fully saturated rings. The third-order valence-electron chi connectivity index (χ3n) is 3.59. The van der Waals surface area contributed by atoms with E-state index in [4.69, 9.17) is 43.2 Å². The number of phosphoric ester groups is 1. The van der Waals surface area contributed by atoms with Crippen LogP contribution in [0.5, 0.6) is 0 Å². The molecule has 174 valence electrons. The van der Waals surface area contributed by atoms with E-state index in [-0.39, 0.29) is 5.82 Å². The lowest BCUT2D eigenvalue weighted by atomic mass is 9.99. The first-order valence-corrected chi connectivity index (χ1v) is 12.5. The molecule has 6 atom stereocenters. The zero-order valence-corrected chi connectivity index (χ0v) is 18.3. The summed E-state index contributed by atoms with van der Waals surface area (Å²) in [6.07, 6.45) is 1.49. The highest BCUT2D eigenvalue weighted by molar-refractivity contribution is 7.66. The second-order valence-corrected chi connectivity index (χ2v) is 10.9. The first kappa shape index (κ1) is 26.1. The fourth-order valence-corrected chi connectivity index (χ4v) is 5.71. The van der Waals surface area contributed by atoms with E-state index in [9.17, 15) is 28.5 Å². The van der Waals surface area contributed by atoms with Crippen molar-refractivity contribution in [3.05, 3.63) is 22.7 Å². The molecule has 16 nitrogen and oxygen atoms in total. The van der Waals surface area contributed by atoms with Crippen molar-refractivity contribution >= 4 is 40.9 Å². The van der Waals surface area contributed by atoms with E-state index in [1.165, 1.54) is 6.07 Å². The fourth-order valence-electron chi connectivity index (χ4n) is 2.39. The second kappa shape index (κ2) is 9.01. The van der Waals surface area contributed by atoms with Crippen molar-refractivity contribution in [2.45, 2.75) is 23.3 Å². The number of alkyl halides is 1. The Kier molecular flexibility index (Phi) is 7.59. The van der Waals surface area contributed by atoms with Crippen LogP contribution in [0.15, 0.2) is 17.1 Å². The van der Waals surface area contributed by atoms with Gasteiger partial charge in [-0.25, -0.2) is 18.5 Å². The molecule has 0 amide bonds. The molecule has 2 heterocycles. The molecule has 1 saturated heterocycles. The lowest BCUT2D eigenvalue weighted by Gasteiger charge is -2.25. The lowest BCUT2D eigenvalue weighted by molar-refractivity contribution is -0.0455. The number of halogens is 1. The van der Waals surface area contributed by atoms with Crippen LogP contribution >= 0.6 is 35.1 Å². The zero-order chi connectivity index (χ0) is 23.8. The van der Waals surface area contributed by atoms with E-state index in [1.54, 1.807) is 0 Å². The molecule has 1 aliphatic heterocycles. The van der Waals surface area contributed by atoms with Gasteiger partial charge in [0, 0.05) is 6.20 Å². The Morgan fingerprint density at radius 2 is 1.90 bits per heavy atom. The topological polar surface area (TPSA) is 250 Å². The van der Waals surface area contributed by atoms with Crippen LogP contribution in [0.4, 0.5) is 5.82 Å². The quantitative estimate of drug-likeness (QED) is 0.136. The van der Waals surface area contributed by atoms with Crippen molar-refractivity contribution in [3.8, 4) is 12.3 Å². The summed E-state index contributed by atoms with van der Waals surface area (Å²) in [5.74, 6) is 1.90. The summed E-state index contributed by atoms with van der Waals surface area (Å²) in [5.41, 5.74) is 4.43. The van der Waals surface area contributed by atoms with Crippen LogP contribution in [-0.2, 0) is 31.6 Å². The summed E-state index contributed by atoms with van der Waals surface area (Å²) in [5, 5.41) is 10.4. The standard InChI is InChI=1S/C11H15ClN3O13P3/c1-2-11(12)8(16)6(26-9(11)15-4-3-7(13)14-10(15)17)5-25-30(21,22)28-31(23,24)27-29(18,19)20/h1,3-4,6,8-9,16H,5H2,(H,21,22)(H,23,24)(H2,13,14,17)(H2,18,19,20)/t6-,8?,9-,11?/m1/s1. The first-order chi connectivity index (χ1) is 14.0. The minimum atomic E-state index is -5.74. The number of anilines is 1. The van der Waals surface area contributed by atoms with E-state index in [0.29, 0.717) is 0 Å². The maximum absolute atomic E-state index is 12.0. The Morgan fingerprint density at radius 3 is 2.42 bits per heavy atom. The number of nitrogen functional groups attached to an aromatic ring is 1. The van der Waals surface area contributed by atoms with Crippen molar-refractivity contribution in [3.63, 3.8) is 0 Å². The van der Waals surface area contributed by atoms with Crippen LogP contribution < -0.4 is 11.4 Å². The third-order valence-corrected chi connectivity index (χ3v) is 7.91. The summed E-state index contributed by atoms with van der Waals surface area (Å²) >= 11 is 6.20. The zero-order valence-electron chi connectivity index (χ0n) is 14.9. The van der Waals surface area contributed by atoms with E-state index >= 15 is 0 Å². The Labute approximate surface area is 178 Å². The highest BCUT2D eigenvalue weighted by Gasteiger charge is 2.56. The molecule has 1 aromatic heterocycles. The lowest BCUT2D eigenvalue weighted by Crippen LogP contribution is -2.43. The number of hydrogen-bond acceptors (Lipinski definition) is 11. The molecule has 0 bridgehead atoms. The number of aliphatic hydroxyl groups is 1. The monoisotopic (exact) mass is 525 g/mol. The Hall–Kier alpha value is -1.14. The molecule has 31 heavy (non-hydrogen) atoms. The van der Waals surface area contributed by atoms with Gasteiger partial charge in [0.05, 0.1) is 6.61 Å². The molecule has 4 unspecified atom stereocenters. The van der Waals surface area contributed by atoms with Gasteiger partial charge in [-0.2, -0.15) is 13.6 Å². The predicted octanol–water partition coefficient (Wildman–Crippen LogP) is -0.962. The molecule has 0 radical (unpaired) electrons. The number of rotatable bonds is 8. The molecule has 0 saturated carbocycles. The number of ether oxygens (including phenoxy) is 1. The van der Waals surface area contributed by atoms with Gasteiger partial charge in [0.25, 0.3) is 0 Å². The molecular formula is C11H15ClN3O13P3. The fraction of sp³-hybridized carbons (Fsp3) is 0.455. The number of phosphoric acid groups is 3. The molecular weight excluding hydrogens is 511 g/mol. The third kappa shape index (κ3) is 6.44. The van der Waals surface area contributed by atoms with Gasteiger partial charge in [-0.1, -0.05) is 17.5 Å². The van der Waals surface area contributed by atoms with Gasteiger partial charge in [-0.15, -0.1) is 6.42 Å². The number of hydrogen-bond donors (Lipinski definition) is 6. The average molecular weight is 526 g/mol. The van der Waals surface area contributed by atoms with Crippen LogP contribution in [0.3, 0.4) is 0 Å². The largest absolute Gasteiger partial charge is 0.490 e. The number of aromatic nitrogens is 2. The number of aliphatic hydroxyl groups excluding tert-OH is 1. The van der Waals surface area contributed by atoms with Gasteiger partial charge in [-0.3, -0.25) is 9.09 Å². The SMILES string of the molecule is C#CC1(Cl)C(O)[C@@H](COP(=O)(O)OP(=O)(O)OP(=O)(O)O)O[C@H]1n1ccc(N)nc1=O. The summed E-state index contributed by atoms with van der Waals surface area (Å²) in [6, 6.07) is 1.20. The van der Waals surface area contributed by atoms with Gasteiger partial charge < -0.3 is 35.2 Å². The van der Waals surface area contributed by atoms with E-state index < -0.39 is 59.1 Å². The minimum absolute atomic E-state index is 0.134. The molecule has 0 aliphatic carbocycles.